The van der Waals surface area contributed by atoms with Crippen molar-refractivity contribution in [3.05, 3.63) is 0 Å². The number of methoxy groups -OCH3 is 1. The van der Waals surface area contributed by atoms with Gasteiger partial charge in [0.15, 0.2) is 0 Å². The second kappa shape index (κ2) is 6.32. The second-order valence-electron chi connectivity index (χ2n) is 3.79. The van der Waals surface area contributed by atoms with Gasteiger partial charge in [0.05, 0.1) is 12.2 Å². The summed E-state index contributed by atoms with van der Waals surface area (Å²) in [7, 11) is 1.71. The highest BCUT2D eigenvalue weighted by Crippen LogP contribution is 2.21. The summed E-state index contributed by atoms with van der Waals surface area (Å²) in [6, 6.07) is 0.216. The summed E-state index contributed by atoms with van der Waals surface area (Å²) < 4.78 is 5.40. The Morgan fingerprint density at radius 3 is 2.38 bits per heavy atom. The second-order valence-corrected chi connectivity index (χ2v) is 3.79. The van der Waals surface area contributed by atoms with Crippen LogP contribution in [0.15, 0.2) is 0 Å². The van der Waals surface area contributed by atoms with Crippen molar-refractivity contribution >= 4 is 0 Å². The summed E-state index contributed by atoms with van der Waals surface area (Å²) in [6.45, 7) is 4.56. The summed E-state index contributed by atoms with van der Waals surface area (Å²) >= 11 is 0. The van der Waals surface area contributed by atoms with E-state index in [9.17, 15) is 0 Å². The SMILES string of the molecule is COC(C)(CCON)CCC(C)N. The van der Waals surface area contributed by atoms with Crippen LogP contribution in [0.3, 0.4) is 0 Å². The minimum Gasteiger partial charge on any atom is -0.378 e. The molecule has 0 radical (unpaired) electrons. The van der Waals surface area contributed by atoms with E-state index in [1.165, 1.54) is 0 Å². The predicted octanol–water partition coefficient (Wildman–Crippen LogP) is 0.799. The Labute approximate surface area is 80.5 Å². The van der Waals surface area contributed by atoms with E-state index in [1.807, 2.05) is 6.92 Å². The summed E-state index contributed by atoms with van der Waals surface area (Å²) in [5.41, 5.74) is 5.51. The van der Waals surface area contributed by atoms with Gasteiger partial charge in [0, 0.05) is 19.6 Å². The molecule has 0 amide bonds. The third kappa shape index (κ3) is 5.99. The zero-order valence-electron chi connectivity index (χ0n) is 8.88. The van der Waals surface area contributed by atoms with Gasteiger partial charge in [-0.1, -0.05) is 0 Å². The lowest BCUT2D eigenvalue weighted by molar-refractivity contribution is -0.0319. The van der Waals surface area contributed by atoms with Gasteiger partial charge in [-0.15, -0.1) is 0 Å². The fourth-order valence-corrected chi connectivity index (χ4v) is 1.14. The highest BCUT2D eigenvalue weighted by molar-refractivity contribution is 4.76. The molecule has 0 fully saturated rings. The summed E-state index contributed by atoms with van der Waals surface area (Å²) in [5, 5.41) is 0. The van der Waals surface area contributed by atoms with Crippen molar-refractivity contribution in [1.29, 1.82) is 0 Å². The molecule has 13 heavy (non-hydrogen) atoms. The predicted molar refractivity (Wildman–Crippen MR) is 53.1 cm³/mol. The van der Waals surface area contributed by atoms with Crippen LogP contribution in [0.2, 0.25) is 0 Å². The van der Waals surface area contributed by atoms with Crippen LogP contribution in [0, 0.1) is 0 Å². The quantitative estimate of drug-likeness (QED) is 0.582. The minimum absolute atomic E-state index is 0.160. The molecule has 0 bridgehead atoms. The molecule has 0 aromatic carbocycles. The fraction of sp³-hybridized carbons (Fsp3) is 1.00. The Hall–Kier alpha value is -0.160. The summed E-state index contributed by atoms with van der Waals surface area (Å²) in [5.74, 6) is 4.97. The summed E-state index contributed by atoms with van der Waals surface area (Å²) in [6.07, 6.45) is 2.69. The molecule has 4 nitrogen and oxygen atoms in total. The van der Waals surface area contributed by atoms with Gasteiger partial charge < -0.3 is 15.3 Å². The van der Waals surface area contributed by atoms with Crippen molar-refractivity contribution in [1.82, 2.24) is 0 Å². The average molecular weight is 190 g/mol. The molecular weight excluding hydrogens is 168 g/mol. The van der Waals surface area contributed by atoms with E-state index >= 15 is 0 Å². The van der Waals surface area contributed by atoms with Crippen LogP contribution in [0.25, 0.3) is 0 Å². The molecule has 0 spiro atoms. The van der Waals surface area contributed by atoms with Crippen molar-refractivity contribution in [2.24, 2.45) is 11.6 Å². The van der Waals surface area contributed by atoms with Gasteiger partial charge in [0.25, 0.3) is 0 Å². The lowest BCUT2D eigenvalue weighted by atomic mass is 9.94. The van der Waals surface area contributed by atoms with Crippen LogP contribution in [0.4, 0.5) is 0 Å². The van der Waals surface area contributed by atoms with E-state index in [2.05, 4.69) is 11.8 Å². The van der Waals surface area contributed by atoms with Crippen molar-refractivity contribution in [3.8, 4) is 0 Å². The lowest BCUT2D eigenvalue weighted by Crippen LogP contribution is -2.32. The van der Waals surface area contributed by atoms with Crippen molar-refractivity contribution in [2.75, 3.05) is 13.7 Å². The van der Waals surface area contributed by atoms with E-state index in [0.717, 1.165) is 19.3 Å². The monoisotopic (exact) mass is 190 g/mol. The molecule has 0 aliphatic carbocycles. The number of ether oxygens (including phenoxy) is 1. The van der Waals surface area contributed by atoms with E-state index in [0.29, 0.717) is 6.61 Å². The first-order valence-electron chi connectivity index (χ1n) is 4.66. The van der Waals surface area contributed by atoms with Crippen LogP contribution >= 0.6 is 0 Å². The number of nitrogens with two attached hydrogens (primary N) is 2. The van der Waals surface area contributed by atoms with Gasteiger partial charge in [-0.3, -0.25) is 0 Å². The van der Waals surface area contributed by atoms with Crippen LogP contribution < -0.4 is 11.6 Å². The Kier molecular flexibility index (Phi) is 6.24. The van der Waals surface area contributed by atoms with Gasteiger partial charge >= 0.3 is 0 Å². The van der Waals surface area contributed by atoms with Crippen LogP contribution in [0.5, 0.6) is 0 Å². The normalized spacial score (nSPS) is 18.2. The molecule has 80 valence electrons. The maximum Gasteiger partial charge on any atom is 0.0706 e. The zero-order chi connectivity index (χ0) is 10.3. The Bertz CT molecular complexity index is 131. The van der Waals surface area contributed by atoms with Crippen LogP contribution in [-0.2, 0) is 9.57 Å². The lowest BCUT2D eigenvalue weighted by Gasteiger charge is -2.28. The Balaban J connectivity index is 3.81. The molecule has 0 rings (SSSR count). The smallest absolute Gasteiger partial charge is 0.0706 e. The van der Waals surface area contributed by atoms with Crippen molar-refractivity contribution in [2.45, 2.75) is 44.8 Å². The largest absolute Gasteiger partial charge is 0.378 e. The summed E-state index contributed by atoms with van der Waals surface area (Å²) in [4.78, 5) is 4.53. The maximum atomic E-state index is 5.67. The molecule has 0 aliphatic rings. The van der Waals surface area contributed by atoms with Gasteiger partial charge in [-0.25, -0.2) is 5.90 Å². The first-order chi connectivity index (χ1) is 6.04. The van der Waals surface area contributed by atoms with Crippen molar-refractivity contribution in [3.63, 3.8) is 0 Å². The molecular formula is C9H22N2O2. The highest BCUT2D eigenvalue weighted by Gasteiger charge is 2.23. The van der Waals surface area contributed by atoms with Crippen molar-refractivity contribution < 1.29 is 9.57 Å². The topological polar surface area (TPSA) is 70.5 Å². The number of hydrogen-bond acceptors (Lipinski definition) is 4. The zero-order valence-corrected chi connectivity index (χ0v) is 8.88. The van der Waals surface area contributed by atoms with E-state index in [4.69, 9.17) is 16.4 Å². The molecule has 0 heterocycles. The first kappa shape index (κ1) is 12.8. The number of hydrogen-bond donors (Lipinski definition) is 2. The molecule has 0 aromatic rings. The van der Waals surface area contributed by atoms with Crippen LogP contribution in [0.1, 0.15) is 33.1 Å². The highest BCUT2D eigenvalue weighted by atomic mass is 16.6. The Morgan fingerprint density at radius 1 is 1.38 bits per heavy atom. The van der Waals surface area contributed by atoms with E-state index in [-0.39, 0.29) is 11.6 Å². The van der Waals surface area contributed by atoms with E-state index < -0.39 is 0 Å². The standard InChI is InChI=1S/C9H22N2O2/c1-8(10)4-5-9(2,12-3)6-7-13-11/h8H,4-7,10-11H2,1-3H3. The number of rotatable bonds is 7. The van der Waals surface area contributed by atoms with Crippen LogP contribution in [-0.4, -0.2) is 25.4 Å². The molecule has 4 N–H and O–H groups in total. The minimum atomic E-state index is -0.160. The van der Waals surface area contributed by atoms with Gasteiger partial charge in [0.2, 0.25) is 0 Å². The third-order valence-electron chi connectivity index (χ3n) is 2.37. The van der Waals surface area contributed by atoms with E-state index in [1.54, 1.807) is 7.11 Å². The molecule has 0 saturated heterocycles. The fourth-order valence-electron chi connectivity index (χ4n) is 1.14. The van der Waals surface area contributed by atoms with Gasteiger partial charge in [-0.05, 0) is 26.7 Å². The Morgan fingerprint density at radius 2 is 2.00 bits per heavy atom. The molecule has 2 unspecified atom stereocenters. The first-order valence-corrected chi connectivity index (χ1v) is 4.66. The molecule has 0 aliphatic heterocycles. The van der Waals surface area contributed by atoms with Gasteiger partial charge in [0.1, 0.15) is 0 Å². The molecule has 0 aromatic heterocycles. The van der Waals surface area contributed by atoms with Gasteiger partial charge in [-0.2, -0.15) is 0 Å². The molecule has 2 atom stereocenters. The average Bonchev–Trinajstić information content (AvgIpc) is 2.11. The third-order valence-corrected chi connectivity index (χ3v) is 2.37. The molecule has 4 heteroatoms. The molecule has 0 saturated carbocycles. The maximum absolute atomic E-state index is 5.67.